The standard InChI is InChI=1S/C10H10Cl2N2O2/c11-7-1-2-8(12)13-9(7)10(16)14-4-3-6(15)5-14/h1-2,6,15H,3-5H2/t6-/m0/s1. The number of hydrogen-bond acceptors (Lipinski definition) is 3. The van der Waals surface area contributed by atoms with Crippen molar-refractivity contribution in [1.82, 2.24) is 9.88 Å². The van der Waals surface area contributed by atoms with Crippen LogP contribution >= 0.6 is 23.2 Å². The number of β-amino-alcohol motifs (C(OH)–C–C–N with tert-alkyl or cyclic N) is 1. The Morgan fingerprint density at radius 3 is 2.88 bits per heavy atom. The number of aliphatic hydroxyl groups excluding tert-OH is 1. The summed E-state index contributed by atoms with van der Waals surface area (Å²) < 4.78 is 0. The first kappa shape index (κ1) is 11.6. The molecule has 1 aromatic rings. The minimum absolute atomic E-state index is 0.142. The Hall–Kier alpha value is -0.840. The van der Waals surface area contributed by atoms with Crippen LogP contribution in [-0.4, -0.2) is 40.1 Å². The van der Waals surface area contributed by atoms with Gasteiger partial charge in [0.15, 0.2) is 0 Å². The van der Waals surface area contributed by atoms with Crippen LogP contribution in [0.1, 0.15) is 16.9 Å². The number of halogens is 2. The molecule has 1 amide bonds. The molecule has 0 aliphatic carbocycles. The number of carbonyl (C=O) groups is 1. The van der Waals surface area contributed by atoms with E-state index in [1.165, 1.54) is 17.0 Å². The number of rotatable bonds is 1. The predicted molar refractivity (Wildman–Crippen MR) is 60.8 cm³/mol. The van der Waals surface area contributed by atoms with Crippen molar-refractivity contribution in [3.8, 4) is 0 Å². The van der Waals surface area contributed by atoms with E-state index in [9.17, 15) is 9.90 Å². The van der Waals surface area contributed by atoms with Crippen molar-refractivity contribution in [1.29, 1.82) is 0 Å². The van der Waals surface area contributed by atoms with Crippen molar-refractivity contribution < 1.29 is 9.90 Å². The highest BCUT2D eigenvalue weighted by Crippen LogP contribution is 2.20. The molecule has 6 heteroatoms. The highest BCUT2D eigenvalue weighted by atomic mass is 35.5. The van der Waals surface area contributed by atoms with Gasteiger partial charge < -0.3 is 10.0 Å². The molecule has 4 nitrogen and oxygen atoms in total. The van der Waals surface area contributed by atoms with Crippen molar-refractivity contribution in [3.05, 3.63) is 28.0 Å². The average Bonchev–Trinajstić information content (AvgIpc) is 2.67. The molecular weight excluding hydrogens is 251 g/mol. The molecule has 2 rings (SSSR count). The average molecular weight is 261 g/mol. The summed E-state index contributed by atoms with van der Waals surface area (Å²) in [5.74, 6) is -0.288. The van der Waals surface area contributed by atoms with Crippen molar-refractivity contribution in [2.45, 2.75) is 12.5 Å². The Morgan fingerprint density at radius 2 is 2.25 bits per heavy atom. The summed E-state index contributed by atoms with van der Waals surface area (Å²) in [6, 6.07) is 3.07. The van der Waals surface area contributed by atoms with Crippen LogP contribution in [0.25, 0.3) is 0 Å². The van der Waals surface area contributed by atoms with E-state index in [2.05, 4.69) is 4.98 Å². The second kappa shape index (κ2) is 4.57. The molecule has 2 heterocycles. The summed E-state index contributed by atoms with van der Waals surface area (Å²) in [5.41, 5.74) is 0.142. The normalized spacial score (nSPS) is 20.2. The topological polar surface area (TPSA) is 53.4 Å². The first-order valence-electron chi connectivity index (χ1n) is 4.87. The number of aromatic nitrogens is 1. The van der Waals surface area contributed by atoms with Crippen LogP contribution in [0.15, 0.2) is 12.1 Å². The third-order valence-corrected chi connectivity index (χ3v) is 2.98. The lowest BCUT2D eigenvalue weighted by molar-refractivity contribution is 0.0759. The van der Waals surface area contributed by atoms with Gasteiger partial charge in [0.2, 0.25) is 0 Å². The second-order valence-corrected chi connectivity index (χ2v) is 4.45. The third-order valence-electron chi connectivity index (χ3n) is 2.47. The molecule has 0 unspecified atom stereocenters. The third kappa shape index (κ3) is 2.29. The van der Waals surface area contributed by atoms with Crippen molar-refractivity contribution in [2.24, 2.45) is 0 Å². The Kier molecular flexibility index (Phi) is 3.33. The molecule has 1 atom stereocenters. The predicted octanol–water partition coefficient (Wildman–Crippen LogP) is 1.60. The van der Waals surface area contributed by atoms with Crippen molar-refractivity contribution in [2.75, 3.05) is 13.1 Å². The molecule has 0 bridgehead atoms. The largest absolute Gasteiger partial charge is 0.391 e. The molecule has 0 radical (unpaired) electrons. The molecule has 1 saturated heterocycles. The second-order valence-electron chi connectivity index (χ2n) is 3.66. The van der Waals surface area contributed by atoms with Gasteiger partial charge in [-0.25, -0.2) is 4.98 Å². The molecule has 0 saturated carbocycles. The van der Waals surface area contributed by atoms with Gasteiger partial charge in [-0.3, -0.25) is 4.79 Å². The number of hydrogen-bond donors (Lipinski definition) is 1. The Bertz CT molecular complexity index is 425. The Balaban J connectivity index is 2.23. The zero-order valence-electron chi connectivity index (χ0n) is 8.36. The van der Waals surface area contributed by atoms with Gasteiger partial charge in [-0.05, 0) is 18.6 Å². The number of likely N-dealkylation sites (tertiary alicyclic amines) is 1. The lowest BCUT2D eigenvalue weighted by atomic mass is 10.3. The number of amides is 1. The maximum atomic E-state index is 12.0. The first-order valence-corrected chi connectivity index (χ1v) is 5.63. The summed E-state index contributed by atoms with van der Waals surface area (Å²) in [7, 11) is 0. The van der Waals surface area contributed by atoms with Gasteiger partial charge in [0, 0.05) is 13.1 Å². The maximum absolute atomic E-state index is 12.0. The summed E-state index contributed by atoms with van der Waals surface area (Å²) in [6.45, 7) is 0.841. The molecule has 1 aromatic heterocycles. The van der Waals surface area contributed by atoms with E-state index in [0.717, 1.165) is 0 Å². The van der Waals surface area contributed by atoms with E-state index in [0.29, 0.717) is 19.5 Å². The molecule has 0 spiro atoms. The monoisotopic (exact) mass is 260 g/mol. The van der Waals surface area contributed by atoms with Crippen LogP contribution in [0.3, 0.4) is 0 Å². The number of nitrogens with zero attached hydrogens (tertiary/aromatic N) is 2. The van der Waals surface area contributed by atoms with Gasteiger partial charge in [0.05, 0.1) is 11.1 Å². The SMILES string of the molecule is O=C(c1nc(Cl)ccc1Cl)N1CC[C@H](O)C1. The van der Waals surface area contributed by atoms with Gasteiger partial charge in [-0.2, -0.15) is 0 Å². The fourth-order valence-electron chi connectivity index (χ4n) is 1.64. The van der Waals surface area contributed by atoms with Gasteiger partial charge in [0.25, 0.3) is 5.91 Å². The number of carbonyl (C=O) groups excluding carboxylic acids is 1. The van der Waals surface area contributed by atoms with E-state index in [1.54, 1.807) is 0 Å². The minimum atomic E-state index is -0.457. The van der Waals surface area contributed by atoms with Gasteiger partial charge >= 0.3 is 0 Å². The fourth-order valence-corrected chi connectivity index (χ4v) is 1.98. The van der Waals surface area contributed by atoms with E-state index in [1.807, 2.05) is 0 Å². The molecule has 1 aliphatic heterocycles. The van der Waals surface area contributed by atoms with Crippen LogP contribution in [0, 0.1) is 0 Å². The molecule has 86 valence electrons. The lowest BCUT2D eigenvalue weighted by Gasteiger charge is -2.15. The van der Waals surface area contributed by atoms with Crippen molar-refractivity contribution >= 4 is 29.1 Å². The minimum Gasteiger partial charge on any atom is -0.391 e. The molecule has 1 aliphatic rings. The van der Waals surface area contributed by atoms with Crippen molar-refractivity contribution in [3.63, 3.8) is 0 Å². The zero-order chi connectivity index (χ0) is 11.7. The van der Waals surface area contributed by atoms with E-state index in [-0.39, 0.29) is 21.8 Å². The van der Waals surface area contributed by atoms with Gasteiger partial charge in [-0.15, -0.1) is 0 Å². The highest BCUT2D eigenvalue weighted by molar-refractivity contribution is 6.34. The van der Waals surface area contributed by atoms with Crippen LogP contribution in [0.2, 0.25) is 10.2 Å². The molecule has 1 fully saturated rings. The number of aliphatic hydroxyl groups is 1. The van der Waals surface area contributed by atoms with Gasteiger partial charge in [-0.1, -0.05) is 23.2 Å². The van der Waals surface area contributed by atoms with Crippen LogP contribution in [0.4, 0.5) is 0 Å². The summed E-state index contributed by atoms with van der Waals surface area (Å²) in [6.07, 6.45) is 0.131. The smallest absolute Gasteiger partial charge is 0.274 e. The molecule has 1 N–H and O–H groups in total. The number of pyridine rings is 1. The Morgan fingerprint density at radius 1 is 1.50 bits per heavy atom. The maximum Gasteiger partial charge on any atom is 0.274 e. The summed E-state index contributed by atoms with van der Waals surface area (Å²) >= 11 is 11.6. The first-order chi connectivity index (χ1) is 7.58. The van der Waals surface area contributed by atoms with Crippen LogP contribution in [0.5, 0.6) is 0 Å². The van der Waals surface area contributed by atoms with Crippen LogP contribution in [-0.2, 0) is 0 Å². The molecular formula is C10H10Cl2N2O2. The molecule has 0 aromatic carbocycles. The van der Waals surface area contributed by atoms with Crippen LogP contribution < -0.4 is 0 Å². The van der Waals surface area contributed by atoms with E-state index >= 15 is 0 Å². The van der Waals surface area contributed by atoms with E-state index in [4.69, 9.17) is 23.2 Å². The highest BCUT2D eigenvalue weighted by Gasteiger charge is 2.27. The zero-order valence-corrected chi connectivity index (χ0v) is 9.87. The fraction of sp³-hybridized carbons (Fsp3) is 0.400. The molecule has 16 heavy (non-hydrogen) atoms. The van der Waals surface area contributed by atoms with E-state index < -0.39 is 6.10 Å². The Labute approximate surface area is 103 Å². The summed E-state index contributed by atoms with van der Waals surface area (Å²) in [5, 5.41) is 9.85. The quantitative estimate of drug-likeness (QED) is 0.781. The van der Waals surface area contributed by atoms with Gasteiger partial charge in [0.1, 0.15) is 10.8 Å². The lowest BCUT2D eigenvalue weighted by Crippen LogP contribution is -2.30. The summed E-state index contributed by atoms with van der Waals surface area (Å²) in [4.78, 5) is 17.4.